The standard InChI is InChI=1S/C13H15F2N3O/c1-18-8-9(7-17-18)6-11(16)10-4-2-3-5-12(10)19-13(14)15/h2-5,7-8,11,13H,6,16H2,1H3. The van der Waals surface area contributed by atoms with Crippen molar-refractivity contribution in [1.82, 2.24) is 9.78 Å². The average molecular weight is 267 g/mol. The molecule has 4 nitrogen and oxygen atoms in total. The third-order valence-electron chi connectivity index (χ3n) is 2.75. The van der Waals surface area contributed by atoms with Crippen molar-refractivity contribution in [3.63, 3.8) is 0 Å². The quantitative estimate of drug-likeness (QED) is 0.904. The molecule has 0 saturated carbocycles. The Morgan fingerprint density at radius 2 is 2.11 bits per heavy atom. The van der Waals surface area contributed by atoms with Gasteiger partial charge < -0.3 is 10.5 Å². The van der Waals surface area contributed by atoms with Crippen LogP contribution < -0.4 is 10.5 Å². The first-order valence-electron chi connectivity index (χ1n) is 5.83. The zero-order valence-corrected chi connectivity index (χ0v) is 10.5. The molecule has 1 aromatic heterocycles. The van der Waals surface area contributed by atoms with Crippen molar-refractivity contribution in [3.8, 4) is 5.75 Å². The third-order valence-corrected chi connectivity index (χ3v) is 2.75. The maximum Gasteiger partial charge on any atom is 0.387 e. The summed E-state index contributed by atoms with van der Waals surface area (Å²) in [6, 6.07) is 6.15. The van der Waals surface area contributed by atoms with Crippen molar-refractivity contribution in [3.05, 3.63) is 47.8 Å². The molecule has 0 aliphatic heterocycles. The van der Waals surface area contributed by atoms with Gasteiger partial charge in [0.2, 0.25) is 0 Å². The second kappa shape index (κ2) is 5.79. The minimum absolute atomic E-state index is 0.119. The van der Waals surface area contributed by atoms with E-state index in [1.54, 1.807) is 29.1 Å². The first-order chi connectivity index (χ1) is 9.06. The summed E-state index contributed by atoms with van der Waals surface area (Å²) in [6.45, 7) is -2.85. The molecule has 0 aliphatic carbocycles. The summed E-state index contributed by atoms with van der Waals surface area (Å²) in [6.07, 6.45) is 4.06. The number of hydrogen-bond donors (Lipinski definition) is 1. The van der Waals surface area contributed by atoms with E-state index in [2.05, 4.69) is 9.84 Å². The van der Waals surface area contributed by atoms with Gasteiger partial charge in [-0.15, -0.1) is 0 Å². The summed E-state index contributed by atoms with van der Waals surface area (Å²) in [7, 11) is 1.81. The molecule has 0 fully saturated rings. The lowest BCUT2D eigenvalue weighted by atomic mass is 10.0. The number of ether oxygens (including phenoxy) is 1. The average Bonchev–Trinajstić information content (AvgIpc) is 2.74. The summed E-state index contributed by atoms with van der Waals surface area (Å²) in [5, 5.41) is 4.04. The van der Waals surface area contributed by atoms with Crippen molar-refractivity contribution >= 4 is 0 Å². The SMILES string of the molecule is Cn1cc(CC(N)c2ccccc2OC(F)F)cn1. The van der Waals surface area contributed by atoms with Crippen LogP contribution in [-0.2, 0) is 13.5 Å². The van der Waals surface area contributed by atoms with Crippen LogP contribution in [-0.4, -0.2) is 16.4 Å². The Morgan fingerprint density at radius 3 is 2.74 bits per heavy atom. The highest BCUT2D eigenvalue weighted by atomic mass is 19.3. The maximum absolute atomic E-state index is 12.3. The van der Waals surface area contributed by atoms with E-state index in [0.717, 1.165) is 5.56 Å². The van der Waals surface area contributed by atoms with Crippen molar-refractivity contribution in [2.45, 2.75) is 19.1 Å². The van der Waals surface area contributed by atoms with Gasteiger partial charge >= 0.3 is 6.61 Å². The van der Waals surface area contributed by atoms with Gasteiger partial charge in [-0.1, -0.05) is 18.2 Å². The number of aromatic nitrogens is 2. The van der Waals surface area contributed by atoms with Crippen LogP contribution in [0.3, 0.4) is 0 Å². The van der Waals surface area contributed by atoms with Crippen LogP contribution in [0, 0.1) is 0 Å². The normalized spacial score (nSPS) is 12.7. The largest absolute Gasteiger partial charge is 0.434 e. The van der Waals surface area contributed by atoms with Gasteiger partial charge in [-0.3, -0.25) is 4.68 Å². The minimum atomic E-state index is -2.85. The molecule has 2 rings (SSSR count). The van der Waals surface area contributed by atoms with Gasteiger partial charge in [-0.05, 0) is 18.1 Å². The van der Waals surface area contributed by atoms with Crippen LogP contribution >= 0.6 is 0 Å². The zero-order valence-electron chi connectivity index (χ0n) is 10.5. The Balaban J connectivity index is 2.16. The van der Waals surface area contributed by atoms with Crippen molar-refractivity contribution in [2.24, 2.45) is 12.8 Å². The minimum Gasteiger partial charge on any atom is -0.434 e. The molecule has 0 bridgehead atoms. The Hall–Kier alpha value is -1.95. The molecule has 19 heavy (non-hydrogen) atoms. The molecule has 102 valence electrons. The van der Waals surface area contributed by atoms with E-state index in [4.69, 9.17) is 5.73 Å². The molecular weight excluding hydrogens is 252 g/mol. The zero-order chi connectivity index (χ0) is 13.8. The van der Waals surface area contributed by atoms with E-state index in [9.17, 15) is 8.78 Å². The summed E-state index contributed by atoms with van der Waals surface area (Å²) in [5.41, 5.74) is 7.56. The number of alkyl halides is 2. The van der Waals surface area contributed by atoms with E-state index >= 15 is 0 Å². The predicted molar refractivity (Wildman–Crippen MR) is 66.9 cm³/mol. The molecule has 0 saturated heterocycles. The Morgan fingerprint density at radius 1 is 1.37 bits per heavy atom. The number of nitrogens with two attached hydrogens (primary N) is 1. The molecule has 0 aliphatic rings. The topological polar surface area (TPSA) is 53.1 Å². The molecule has 2 N–H and O–H groups in total. The predicted octanol–water partition coefficient (Wildman–Crippen LogP) is 2.26. The molecule has 1 atom stereocenters. The Kier molecular flexibility index (Phi) is 4.11. The third kappa shape index (κ3) is 3.51. The van der Waals surface area contributed by atoms with Crippen LogP contribution in [0.2, 0.25) is 0 Å². The van der Waals surface area contributed by atoms with Crippen LogP contribution in [0.5, 0.6) is 5.75 Å². The molecule has 1 unspecified atom stereocenters. The van der Waals surface area contributed by atoms with Crippen LogP contribution in [0.4, 0.5) is 8.78 Å². The van der Waals surface area contributed by atoms with Gasteiger partial charge in [0, 0.05) is 24.8 Å². The lowest BCUT2D eigenvalue weighted by Gasteiger charge is -2.15. The Bertz CT molecular complexity index is 542. The van der Waals surface area contributed by atoms with Crippen LogP contribution in [0.15, 0.2) is 36.7 Å². The molecule has 0 spiro atoms. The van der Waals surface area contributed by atoms with Gasteiger partial charge in [0.1, 0.15) is 5.75 Å². The van der Waals surface area contributed by atoms with Crippen LogP contribution in [0.25, 0.3) is 0 Å². The first kappa shape index (κ1) is 13.5. The van der Waals surface area contributed by atoms with Crippen molar-refractivity contribution in [2.75, 3.05) is 0 Å². The number of rotatable bonds is 5. The van der Waals surface area contributed by atoms with Gasteiger partial charge in [-0.25, -0.2) is 0 Å². The molecule has 0 radical (unpaired) electrons. The number of hydrogen-bond acceptors (Lipinski definition) is 3. The van der Waals surface area contributed by atoms with E-state index in [-0.39, 0.29) is 5.75 Å². The van der Waals surface area contributed by atoms with Crippen LogP contribution in [0.1, 0.15) is 17.2 Å². The second-order valence-corrected chi connectivity index (χ2v) is 4.25. The molecule has 1 heterocycles. The number of para-hydroxylation sites is 1. The van der Waals surface area contributed by atoms with Crippen molar-refractivity contribution in [1.29, 1.82) is 0 Å². The van der Waals surface area contributed by atoms with Gasteiger partial charge in [-0.2, -0.15) is 13.9 Å². The fourth-order valence-electron chi connectivity index (χ4n) is 1.93. The smallest absolute Gasteiger partial charge is 0.387 e. The van der Waals surface area contributed by atoms with Gasteiger partial charge in [0.05, 0.1) is 6.20 Å². The van der Waals surface area contributed by atoms with E-state index in [0.29, 0.717) is 12.0 Å². The van der Waals surface area contributed by atoms with Crippen molar-refractivity contribution < 1.29 is 13.5 Å². The fraction of sp³-hybridized carbons (Fsp3) is 0.308. The molecule has 1 aromatic carbocycles. The van der Waals surface area contributed by atoms with Gasteiger partial charge in [0.15, 0.2) is 0 Å². The van der Waals surface area contributed by atoms with E-state index < -0.39 is 12.7 Å². The number of benzene rings is 1. The van der Waals surface area contributed by atoms with E-state index in [1.807, 2.05) is 13.2 Å². The first-order valence-corrected chi connectivity index (χ1v) is 5.83. The Labute approximate surface area is 109 Å². The lowest BCUT2D eigenvalue weighted by molar-refractivity contribution is -0.0506. The second-order valence-electron chi connectivity index (χ2n) is 4.25. The highest BCUT2D eigenvalue weighted by Gasteiger charge is 2.15. The molecular formula is C13H15F2N3O. The molecule has 2 aromatic rings. The number of halogens is 2. The fourth-order valence-corrected chi connectivity index (χ4v) is 1.93. The lowest BCUT2D eigenvalue weighted by Crippen LogP contribution is -2.15. The maximum atomic E-state index is 12.3. The summed E-state index contributed by atoms with van der Waals surface area (Å²) in [4.78, 5) is 0. The van der Waals surface area contributed by atoms with Gasteiger partial charge in [0.25, 0.3) is 0 Å². The summed E-state index contributed by atoms with van der Waals surface area (Å²) < 4.78 is 30.8. The number of aryl methyl sites for hydroxylation is 1. The highest BCUT2D eigenvalue weighted by Crippen LogP contribution is 2.27. The summed E-state index contributed by atoms with van der Waals surface area (Å²) >= 11 is 0. The number of nitrogens with zero attached hydrogens (tertiary/aromatic N) is 2. The van der Waals surface area contributed by atoms with E-state index in [1.165, 1.54) is 6.07 Å². The molecule has 6 heteroatoms. The highest BCUT2D eigenvalue weighted by molar-refractivity contribution is 5.36. The summed E-state index contributed by atoms with van der Waals surface area (Å²) in [5.74, 6) is 0.119. The molecule has 0 amide bonds. The monoisotopic (exact) mass is 267 g/mol.